The number of likely N-dealkylation sites (tertiary alicyclic amines) is 1. The van der Waals surface area contributed by atoms with Crippen molar-refractivity contribution in [2.75, 3.05) is 6.54 Å². The second-order valence-corrected chi connectivity index (χ2v) is 5.68. The van der Waals surface area contributed by atoms with Crippen molar-refractivity contribution in [2.24, 2.45) is 11.8 Å². The number of rotatable bonds is 6. The van der Waals surface area contributed by atoms with E-state index in [0.717, 1.165) is 38.5 Å². The minimum Gasteiger partial charge on any atom is -0.480 e. The summed E-state index contributed by atoms with van der Waals surface area (Å²) < 4.78 is 0. The van der Waals surface area contributed by atoms with Crippen LogP contribution in [0.1, 0.15) is 59.3 Å². The van der Waals surface area contributed by atoms with Gasteiger partial charge < -0.3 is 10.0 Å². The molecule has 0 saturated carbocycles. The molecule has 4 heteroatoms. The zero-order valence-corrected chi connectivity index (χ0v) is 12.4. The Bertz CT molecular complexity index is 317. The van der Waals surface area contributed by atoms with Gasteiger partial charge in [-0.2, -0.15) is 0 Å². The van der Waals surface area contributed by atoms with E-state index in [-0.39, 0.29) is 17.7 Å². The van der Waals surface area contributed by atoms with E-state index in [0.29, 0.717) is 6.54 Å². The molecule has 0 spiro atoms. The zero-order chi connectivity index (χ0) is 14.4. The molecule has 4 nitrogen and oxygen atoms in total. The van der Waals surface area contributed by atoms with Crippen LogP contribution in [0.3, 0.4) is 0 Å². The minimum atomic E-state index is -0.856. The molecule has 1 amide bonds. The Morgan fingerprint density at radius 2 is 2.05 bits per heavy atom. The predicted molar refractivity (Wildman–Crippen MR) is 74.8 cm³/mol. The second-order valence-electron chi connectivity index (χ2n) is 5.68. The van der Waals surface area contributed by atoms with Gasteiger partial charge in [0.25, 0.3) is 0 Å². The van der Waals surface area contributed by atoms with Gasteiger partial charge in [-0.15, -0.1) is 0 Å². The summed E-state index contributed by atoms with van der Waals surface area (Å²) in [5.41, 5.74) is 0. The molecule has 3 atom stereocenters. The molecule has 3 unspecified atom stereocenters. The van der Waals surface area contributed by atoms with E-state index in [1.54, 1.807) is 4.90 Å². The van der Waals surface area contributed by atoms with Gasteiger partial charge in [0.05, 0.1) is 0 Å². The van der Waals surface area contributed by atoms with E-state index in [4.69, 9.17) is 0 Å². The van der Waals surface area contributed by atoms with Gasteiger partial charge in [-0.05, 0) is 31.6 Å². The number of nitrogens with zero attached hydrogens (tertiary/aromatic N) is 1. The highest BCUT2D eigenvalue weighted by Gasteiger charge is 2.38. The summed E-state index contributed by atoms with van der Waals surface area (Å²) in [6, 6.07) is -0.628. The number of hydrogen-bond acceptors (Lipinski definition) is 2. The lowest BCUT2D eigenvalue weighted by atomic mass is 9.88. The first kappa shape index (κ1) is 16.0. The first-order valence-corrected chi connectivity index (χ1v) is 7.56. The van der Waals surface area contributed by atoms with Crippen LogP contribution in [0.4, 0.5) is 0 Å². The average molecular weight is 269 g/mol. The summed E-state index contributed by atoms with van der Waals surface area (Å²) in [6.45, 7) is 6.66. The van der Waals surface area contributed by atoms with Crippen molar-refractivity contribution in [3.63, 3.8) is 0 Å². The molecule has 0 radical (unpaired) electrons. The molecule has 1 heterocycles. The van der Waals surface area contributed by atoms with Crippen molar-refractivity contribution in [3.8, 4) is 0 Å². The third-order valence-electron chi connectivity index (χ3n) is 4.22. The van der Waals surface area contributed by atoms with Crippen molar-refractivity contribution in [1.29, 1.82) is 0 Å². The smallest absolute Gasteiger partial charge is 0.326 e. The van der Waals surface area contributed by atoms with E-state index in [9.17, 15) is 14.7 Å². The summed E-state index contributed by atoms with van der Waals surface area (Å²) in [4.78, 5) is 25.6. The highest BCUT2D eigenvalue weighted by atomic mass is 16.4. The summed E-state index contributed by atoms with van der Waals surface area (Å²) in [5, 5.41) is 9.36. The molecule has 1 aliphatic heterocycles. The first-order chi connectivity index (χ1) is 9.02. The molecule has 1 rings (SSSR count). The van der Waals surface area contributed by atoms with Gasteiger partial charge in [-0.25, -0.2) is 4.79 Å². The topological polar surface area (TPSA) is 57.6 Å². The molecule has 0 aromatic carbocycles. The van der Waals surface area contributed by atoms with Gasteiger partial charge in [0.1, 0.15) is 6.04 Å². The molecule has 110 valence electrons. The number of carboxylic acid groups (broad SMARTS) is 1. The summed E-state index contributed by atoms with van der Waals surface area (Å²) in [5.74, 6) is -0.758. The lowest BCUT2D eigenvalue weighted by molar-refractivity contribution is -0.156. The highest BCUT2D eigenvalue weighted by molar-refractivity contribution is 5.85. The first-order valence-electron chi connectivity index (χ1n) is 7.56. The maximum Gasteiger partial charge on any atom is 0.326 e. The number of amides is 1. The maximum absolute atomic E-state index is 12.6. The van der Waals surface area contributed by atoms with Crippen LogP contribution < -0.4 is 0 Å². The average Bonchev–Trinajstić information content (AvgIpc) is 2.38. The maximum atomic E-state index is 12.6. The third kappa shape index (κ3) is 3.95. The minimum absolute atomic E-state index is 0.00731. The molecule has 0 bridgehead atoms. The largest absolute Gasteiger partial charge is 0.480 e. The molecule has 19 heavy (non-hydrogen) atoms. The Hall–Kier alpha value is -1.06. The Morgan fingerprint density at radius 1 is 1.37 bits per heavy atom. The van der Waals surface area contributed by atoms with Gasteiger partial charge in [-0.1, -0.05) is 33.6 Å². The Balaban J connectivity index is 2.78. The van der Waals surface area contributed by atoms with E-state index < -0.39 is 12.0 Å². The Kier molecular flexibility index (Phi) is 6.32. The lowest BCUT2D eigenvalue weighted by Crippen LogP contribution is -2.53. The summed E-state index contributed by atoms with van der Waals surface area (Å²) >= 11 is 0. The Morgan fingerprint density at radius 3 is 2.58 bits per heavy atom. The number of unbranched alkanes of at least 4 members (excludes halogenated alkanes) is 1. The van der Waals surface area contributed by atoms with Crippen LogP contribution in [0.25, 0.3) is 0 Å². The summed E-state index contributed by atoms with van der Waals surface area (Å²) in [7, 11) is 0. The van der Waals surface area contributed by atoms with E-state index in [2.05, 4.69) is 6.92 Å². The highest BCUT2D eigenvalue weighted by Crippen LogP contribution is 2.27. The van der Waals surface area contributed by atoms with Gasteiger partial charge >= 0.3 is 5.97 Å². The number of aliphatic carboxylic acids is 1. The number of carboxylic acids is 1. The van der Waals surface area contributed by atoms with Crippen molar-refractivity contribution >= 4 is 11.9 Å². The van der Waals surface area contributed by atoms with Crippen LogP contribution in [0.15, 0.2) is 0 Å². The number of carbonyl (C=O) groups excluding carboxylic acids is 1. The molecule has 0 aromatic rings. The molecule has 1 aliphatic rings. The standard InChI is InChI=1S/C15H27NO3/c1-4-6-9-12(5-2)14(17)16-10-7-8-11(3)13(16)15(18)19/h11-13H,4-10H2,1-3H3,(H,18,19). The van der Waals surface area contributed by atoms with Crippen LogP contribution >= 0.6 is 0 Å². The normalized spacial score (nSPS) is 25.1. The fraction of sp³-hybridized carbons (Fsp3) is 0.867. The Labute approximate surface area is 116 Å². The van der Waals surface area contributed by atoms with Crippen LogP contribution in [-0.2, 0) is 9.59 Å². The molecule has 1 saturated heterocycles. The molecular formula is C15H27NO3. The van der Waals surface area contributed by atoms with Crippen molar-refractivity contribution in [2.45, 2.75) is 65.3 Å². The van der Waals surface area contributed by atoms with E-state index in [1.807, 2.05) is 13.8 Å². The van der Waals surface area contributed by atoms with Gasteiger partial charge in [-0.3, -0.25) is 4.79 Å². The van der Waals surface area contributed by atoms with Gasteiger partial charge in [0, 0.05) is 12.5 Å². The van der Waals surface area contributed by atoms with Gasteiger partial charge in [0.2, 0.25) is 5.91 Å². The van der Waals surface area contributed by atoms with Crippen LogP contribution in [0.2, 0.25) is 0 Å². The molecule has 1 N–H and O–H groups in total. The summed E-state index contributed by atoms with van der Waals surface area (Å²) in [6.07, 6.45) is 5.60. The predicted octanol–water partition coefficient (Wildman–Crippen LogP) is 2.91. The molecule has 0 aromatic heterocycles. The quantitative estimate of drug-likeness (QED) is 0.806. The SMILES string of the molecule is CCCCC(CC)C(=O)N1CCCC(C)C1C(=O)O. The number of hydrogen-bond donors (Lipinski definition) is 1. The third-order valence-corrected chi connectivity index (χ3v) is 4.22. The fourth-order valence-electron chi connectivity index (χ4n) is 3.00. The number of piperidine rings is 1. The van der Waals surface area contributed by atoms with Crippen molar-refractivity contribution in [3.05, 3.63) is 0 Å². The zero-order valence-electron chi connectivity index (χ0n) is 12.4. The van der Waals surface area contributed by atoms with Crippen LogP contribution in [0, 0.1) is 11.8 Å². The van der Waals surface area contributed by atoms with E-state index in [1.165, 1.54) is 0 Å². The van der Waals surface area contributed by atoms with Gasteiger partial charge in [0.15, 0.2) is 0 Å². The van der Waals surface area contributed by atoms with E-state index >= 15 is 0 Å². The molecule has 1 fully saturated rings. The number of carbonyl (C=O) groups is 2. The monoisotopic (exact) mass is 269 g/mol. The van der Waals surface area contributed by atoms with Crippen molar-refractivity contribution in [1.82, 2.24) is 4.90 Å². The van der Waals surface area contributed by atoms with Crippen LogP contribution in [-0.4, -0.2) is 34.5 Å². The fourth-order valence-corrected chi connectivity index (χ4v) is 3.00. The molecule has 0 aliphatic carbocycles. The molecular weight excluding hydrogens is 242 g/mol. The van der Waals surface area contributed by atoms with Crippen LogP contribution in [0.5, 0.6) is 0 Å². The van der Waals surface area contributed by atoms with Crippen molar-refractivity contribution < 1.29 is 14.7 Å². The second kappa shape index (κ2) is 7.51. The lowest BCUT2D eigenvalue weighted by Gasteiger charge is -2.39.